The van der Waals surface area contributed by atoms with Crippen LogP contribution in [-0.4, -0.2) is 6.88 Å². The summed E-state index contributed by atoms with van der Waals surface area (Å²) in [7, 11) is 0. The molecule has 118 valence electrons. The van der Waals surface area contributed by atoms with E-state index in [0.29, 0.717) is 0 Å². The Morgan fingerprint density at radius 3 is 2.10 bits per heavy atom. The summed E-state index contributed by atoms with van der Waals surface area (Å²) in [5, 5.41) is 0. The van der Waals surface area contributed by atoms with Gasteiger partial charge in [0.1, 0.15) is 0 Å². The molecular formula is C16H28Cl2SiZr-4. The molecule has 0 amide bonds. The fourth-order valence-electron chi connectivity index (χ4n) is 1.33. The van der Waals surface area contributed by atoms with Gasteiger partial charge >= 0.3 is 30.2 Å². The second-order valence-corrected chi connectivity index (χ2v) is 3.44. The van der Waals surface area contributed by atoms with Gasteiger partial charge in [0.2, 0.25) is 0 Å². The number of hydrogen-bond donors (Lipinski definition) is 0. The molecule has 2 aliphatic carbocycles. The molecule has 2 aliphatic rings. The summed E-state index contributed by atoms with van der Waals surface area (Å²) in [6.45, 7) is 4.18. The Morgan fingerprint density at radius 2 is 1.80 bits per heavy atom. The molecule has 0 nitrogen and oxygen atoms in total. The van der Waals surface area contributed by atoms with Crippen LogP contribution in [0.2, 0.25) is 0 Å². The Hall–Kier alpha value is 0.640. The molecule has 0 atom stereocenters. The van der Waals surface area contributed by atoms with Gasteiger partial charge in [-0.15, -0.1) is 37.7 Å². The van der Waals surface area contributed by atoms with Gasteiger partial charge in [0.25, 0.3) is 0 Å². The monoisotopic (exact) mass is 408 g/mol. The van der Waals surface area contributed by atoms with Crippen molar-refractivity contribution in [2.45, 2.75) is 39.0 Å². The number of unbranched alkanes of at least 4 members (excludes halogenated alkanes) is 1. The van der Waals surface area contributed by atoms with Gasteiger partial charge in [-0.2, -0.15) is 12.2 Å². The van der Waals surface area contributed by atoms with E-state index in [1.165, 1.54) is 24.8 Å². The summed E-state index contributed by atoms with van der Waals surface area (Å²) < 4.78 is 0. The predicted molar refractivity (Wildman–Crippen MR) is 97.5 cm³/mol. The van der Waals surface area contributed by atoms with E-state index in [1.54, 1.807) is 23.3 Å². The van der Waals surface area contributed by atoms with Crippen LogP contribution in [0.15, 0.2) is 36.0 Å². The van der Waals surface area contributed by atoms with Crippen LogP contribution in [0.4, 0.5) is 0 Å². The fourth-order valence-corrected chi connectivity index (χ4v) is 1.33. The predicted octanol–water partition coefficient (Wildman–Crippen LogP) is 5.00. The van der Waals surface area contributed by atoms with Gasteiger partial charge in [-0.1, -0.05) is 26.2 Å². The summed E-state index contributed by atoms with van der Waals surface area (Å²) in [5.41, 5.74) is 1.48. The second-order valence-electron chi connectivity index (χ2n) is 3.44. The minimum atomic E-state index is 0. The zero-order valence-electron chi connectivity index (χ0n) is 12.9. The van der Waals surface area contributed by atoms with Gasteiger partial charge in [-0.3, -0.25) is 12.2 Å². The van der Waals surface area contributed by atoms with E-state index < -0.39 is 0 Å². The van der Waals surface area contributed by atoms with Crippen molar-refractivity contribution in [2.24, 2.45) is 0 Å². The van der Waals surface area contributed by atoms with Gasteiger partial charge in [0.15, 0.2) is 0 Å². The van der Waals surface area contributed by atoms with Gasteiger partial charge in [-0.05, 0) is 0 Å². The first-order valence-electron chi connectivity index (χ1n) is 5.76. The second kappa shape index (κ2) is 27.9. The molecule has 0 heterocycles. The van der Waals surface area contributed by atoms with Crippen LogP contribution in [0, 0.1) is 27.0 Å². The van der Waals surface area contributed by atoms with E-state index in [4.69, 9.17) is 0 Å². The molecule has 0 saturated carbocycles. The van der Waals surface area contributed by atoms with Crippen molar-refractivity contribution in [1.29, 1.82) is 0 Å². The first-order valence-corrected chi connectivity index (χ1v) is 11.7. The first-order chi connectivity index (χ1) is 7.93. The summed E-state index contributed by atoms with van der Waals surface area (Å²) in [4.78, 5) is 0. The maximum atomic E-state index is 3.16. The Labute approximate surface area is 156 Å². The molecule has 0 aromatic rings. The Balaban J connectivity index is -0.0000000604. The average Bonchev–Trinajstić information content (AvgIpc) is 3.04. The van der Waals surface area contributed by atoms with Gasteiger partial charge in [-0.25, -0.2) is 23.8 Å². The molecule has 2 rings (SSSR count). The summed E-state index contributed by atoms with van der Waals surface area (Å²) in [6.07, 6.45) is 22.5. The molecule has 20 heavy (non-hydrogen) atoms. The van der Waals surface area contributed by atoms with Crippen LogP contribution >= 0.6 is 24.8 Å². The van der Waals surface area contributed by atoms with Crippen molar-refractivity contribution in [3.8, 4) is 0 Å². The number of allylic oxidation sites excluding steroid dienone is 8. The molecule has 0 fully saturated rings. The van der Waals surface area contributed by atoms with E-state index in [0.717, 1.165) is 12.8 Å². The molecular weight excluding hydrogens is 382 g/mol. The average molecular weight is 411 g/mol. The van der Waals surface area contributed by atoms with Crippen LogP contribution in [0.3, 0.4) is 0 Å². The zero-order valence-corrected chi connectivity index (χ0v) is 18.5. The van der Waals surface area contributed by atoms with Crippen molar-refractivity contribution >= 4 is 31.7 Å². The molecule has 0 N–H and O–H groups in total. The topological polar surface area (TPSA) is 0 Å². The van der Waals surface area contributed by atoms with Crippen molar-refractivity contribution in [1.82, 2.24) is 0 Å². The van der Waals surface area contributed by atoms with Crippen LogP contribution in [0.1, 0.15) is 39.0 Å². The standard InChI is InChI=1S/C9H13.C5H5.2CH3.2ClH.H2Si.Zr/c1-2-3-6-9-7-4-5-8-9;1-2-4-5-3-1;;;;;;/h7-8H,2-4,6H2,1H3;1-3H,4H2;2*1H3;2*1H;1H2;/q4*-1;;;;. The molecule has 0 saturated heterocycles. The maximum absolute atomic E-state index is 3.16. The van der Waals surface area contributed by atoms with E-state index in [1.807, 2.05) is 19.0 Å². The van der Waals surface area contributed by atoms with E-state index >= 15 is 0 Å². The third-order valence-electron chi connectivity index (χ3n) is 2.17. The summed E-state index contributed by atoms with van der Waals surface area (Å²) in [6, 6.07) is 0. The van der Waals surface area contributed by atoms with Gasteiger partial charge in [0, 0.05) is 0 Å². The van der Waals surface area contributed by atoms with Crippen molar-refractivity contribution in [3.63, 3.8) is 0 Å². The quantitative estimate of drug-likeness (QED) is 0.454. The SMILES string of the molecule is CCCCC1=CC[C-]=C1.Cl.Cl.[C-]1=CC=CC1.[CH3-].[CH3-].[SiH2]=[Zr]. The van der Waals surface area contributed by atoms with Gasteiger partial charge < -0.3 is 14.9 Å². The number of rotatable bonds is 3. The molecule has 0 unspecified atom stereocenters. The van der Waals surface area contributed by atoms with Crippen LogP contribution in [0.5, 0.6) is 0 Å². The van der Waals surface area contributed by atoms with Crippen molar-refractivity contribution in [3.05, 3.63) is 63.0 Å². The van der Waals surface area contributed by atoms with Crippen LogP contribution < -0.4 is 0 Å². The zero-order chi connectivity index (χ0) is 12.1. The molecule has 0 radical (unpaired) electrons. The third-order valence-corrected chi connectivity index (χ3v) is 2.17. The molecule has 0 aliphatic heterocycles. The molecule has 0 aromatic heterocycles. The first kappa shape index (κ1) is 32.5. The Bertz CT molecular complexity index is 274. The number of halogens is 2. The summed E-state index contributed by atoms with van der Waals surface area (Å²) in [5.74, 6) is 0. The van der Waals surface area contributed by atoms with E-state index in [9.17, 15) is 0 Å². The molecule has 4 heteroatoms. The minimum absolute atomic E-state index is 0. The molecule has 0 spiro atoms. The van der Waals surface area contributed by atoms with Crippen LogP contribution in [0.25, 0.3) is 0 Å². The molecule has 0 bridgehead atoms. The van der Waals surface area contributed by atoms with E-state index in [-0.39, 0.29) is 39.7 Å². The van der Waals surface area contributed by atoms with Crippen molar-refractivity contribution < 1.29 is 23.3 Å². The third kappa shape index (κ3) is 20.9. The Morgan fingerprint density at radius 1 is 1.15 bits per heavy atom. The van der Waals surface area contributed by atoms with E-state index in [2.05, 4.69) is 37.3 Å². The molecule has 0 aromatic carbocycles. The van der Waals surface area contributed by atoms with Gasteiger partial charge in [0.05, 0.1) is 0 Å². The van der Waals surface area contributed by atoms with Crippen molar-refractivity contribution in [2.75, 3.05) is 0 Å². The fraction of sp³-hybridized carbons (Fsp3) is 0.375. The van der Waals surface area contributed by atoms with Crippen LogP contribution in [-0.2, 0) is 23.3 Å². The normalized spacial score (nSPS) is 11.9. The summed E-state index contributed by atoms with van der Waals surface area (Å²) >= 11 is 1.58. The number of hydrogen-bond acceptors (Lipinski definition) is 0. The Kier molecular flexibility index (Phi) is 45.4.